The van der Waals surface area contributed by atoms with Crippen molar-refractivity contribution in [2.45, 2.75) is 33.5 Å². The van der Waals surface area contributed by atoms with E-state index in [0.29, 0.717) is 34.9 Å². The summed E-state index contributed by atoms with van der Waals surface area (Å²) in [5.74, 6) is 0.265. The maximum absolute atomic E-state index is 12.6. The van der Waals surface area contributed by atoms with Gasteiger partial charge in [0.25, 0.3) is 5.56 Å². The van der Waals surface area contributed by atoms with Gasteiger partial charge in [0.1, 0.15) is 30.4 Å². The first kappa shape index (κ1) is 27.5. The molecule has 0 aliphatic carbocycles. The molecule has 0 bridgehead atoms. The molecular formula is C26H29N3O7S. The minimum absolute atomic E-state index is 0.0245. The van der Waals surface area contributed by atoms with E-state index in [1.54, 1.807) is 54.6 Å². The van der Waals surface area contributed by atoms with Crippen molar-refractivity contribution >= 4 is 24.3 Å². The average molecular weight is 528 g/mol. The number of carbonyl (C=O) groups is 2. The Hall–Kier alpha value is -4.12. The molecule has 3 rings (SSSR count). The number of carboxylic acids is 1. The van der Waals surface area contributed by atoms with E-state index in [1.807, 2.05) is 18.4 Å². The molecule has 0 saturated carbocycles. The highest BCUT2D eigenvalue weighted by Gasteiger charge is 2.19. The molecule has 1 amide bonds. The monoisotopic (exact) mass is 527 g/mol. The Labute approximate surface area is 219 Å². The van der Waals surface area contributed by atoms with E-state index in [4.69, 9.17) is 26.4 Å². The molecule has 0 aliphatic heterocycles. The Bertz CT molecular complexity index is 1350. The van der Waals surface area contributed by atoms with Crippen LogP contribution >= 0.6 is 12.2 Å². The van der Waals surface area contributed by atoms with Crippen molar-refractivity contribution in [2.75, 3.05) is 20.3 Å². The molecule has 0 atom stereocenters. The number of nitrogens with zero attached hydrogens (tertiary/aromatic N) is 3. The molecule has 37 heavy (non-hydrogen) atoms. The highest BCUT2D eigenvalue weighted by atomic mass is 32.1. The molecule has 0 saturated heterocycles. The third-order valence-corrected chi connectivity index (χ3v) is 5.97. The van der Waals surface area contributed by atoms with Crippen LogP contribution < -0.4 is 19.8 Å². The fourth-order valence-electron chi connectivity index (χ4n) is 3.64. The Balaban J connectivity index is 1.61. The topological polar surface area (TPSA) is 112 Å². The van der Waals surface area contributed by atoms with Gasteiger partial charge < -0.3 is 23.9 Å². The summed E-state index contributed by atoms with van der Waals surface area (Å²) < 4.78 is 20.0. The summed E-state index contributed by atoms with van der Waals surface area (Å²) in [4.78, 5) is 37.4. The molecule has 0 radical (unpaired) electrons. The Morgan fingerprint density at radius 2 is 1.62 bits per heavy atom. The molecule has 2 aromatic carbocycles. The number of benzene rings is 2. The van der Waals surface area contributed by atoms with E-state index in [9.17, 15) is 19.5 Å². The summed E-state index contributed by atoms with van der Waals surface area (Å²) in [6, 6.07) is 14.8. The highest BCUT2D eigenvalue weighted by molar-refractivity contribution is 7.71. The largest absolute Gasteiger partial charge is 0.497 e. The van der Waals surface area contributed by atoms with Crippen molar-refractivity contribution in [3.05, 3.63) is 81.0 Å². The van der Waals surface area contributed by atoms with Gasteiger partial charge in [-0.1, -0.05) is 12.1 Å². The molecule has 0 unspecified atom stereocenters. The molecule has 1 N–H and O–H groups in total. The second-order valence-corrected chi connectivity index (χ2v) is 8.45. The highest BCUT2D eigenvalue weighted by Crippen LogP contribution is 2.19. The average Bonchev–Trinajstić information content (AvgIpc) is 2.87. The number of ether oxygens (including phenoxy) is 3. The van der Waals surface area contributed by atoms with Gasteiger partial charge in [-0.05, 0) is 68.0 Å². The van der Waals surface area contributed by atoms with Crippen LogP contribution in [0, 0.1) is 11.7 Å². The normalized spacial score (nSPS) is 10.6. The van der Waals surface area contributed by atoms with Gasteiger partial charge in [-0.15, -0.1) is 0 Å². The lowest BCUT2D eigenvalue weighted by molar-refractivity contribution is -0.138. The fourth-order valence-corrected chi connectivity index (χ4v) is 4.09. The Morgan fingerprint density at radius 1 is 1.00 bits per heavy atom. The van der Waals surface area contributed by atoms with Crippen molar-refractivity contribution in [2.24, 2.45) is 0 Å². The van der Waals surface area contributed by atoms with Crippen LogP contribution in [0.1, 0.15) is 18.2 Å². The lowest BCUT2D eigenvalue weighted by atomic mass is 10.2. The summed E-state index contributed by atoms with van der Waals surface area (Å²) >= 11 is 5.44. The predicted molar refractivity (Wildman–Crippen MR) is 139 cm³/mol. The first-order chi connectivity index (χ1) is 17.7. The summed E-state index contributed by atoms with van der Waals surface area (Å²) in [5, 5.41) is 9.25. The number of aliphatic carboxylic acids is 1. The Kier molecular flexibility index (Phi) is 9.45. The number of aryl methyl sites for hydroxylation is 1. The van der Waals surface area contributed by atoms with E-state index in [1.165, 1.54) is 11.7 Å². The minimum atomic E-state index is -1.16. The van der Waals surface area contributed by atoms with Gasteiger partial charge in [-0.25, -0.2) is 4.79 Å². The van der Waals surface area contributed by atoms with Gasteiger partial charge in [-0.3, -0.25) is 19.1 Å². The van der Waals surface area contributed by atoms with Gasteiger partial charge in [0.05, 0.1) is 13.7 Å². The van der Waals surface area contributed by atoms with Crippen molar-refractivity contribution in [1.82, 2.24) is 14.0 Å². The van der Waals surface area contributed by atoms with Crippen molar-refractivity contribution in [3.8, 4) is 17.2 Å². The van der Waals surface area contributed by atoms with Crippen LogP contribution in [-0.4, -0.2) is 51.5 Å². The molecule has 1 aromatic heterocycles. The number of carboxylic acid groups (broad SMARTS) is 1. The smallest absolute Gasteiger partial charge is 0.416 e. The van der Waals surface area contributed by atoms with Crippen LogP contribution in [-0.2, 0) is 24.4 Å². The van der Waals surface area contributed by atoms with Gasteiger partial charge in [-0.2, -0.15) is 0 Å². The van der Waals surface area contributed by atoms with E-state index in [-0.39, 0.29) is 24.5 Å². The number of rotatable bonds is 11. The van der Waals surface area contributed by atoms with Crippen LogP contribution in [0.3, 0.4) is 0 Å². The Morgan fingerprint density at radius 3 is 2.22 bits per heavy atom. The van der Waals surface area contributed by atoms with Gasteiger partial charge in [0, 0.05) is 24.8 Å². The van der Waals surface area contributed by atoms with Crippen molar-refractivity contribution < 1.29 is 28.9 Å². The van der Waals surface area contributed by atoms with Crippen LogP contribution in [0.15, 0.2) is 59.4 Å². The first-order valence-corrected chi connectivity index (χ1v) is 12.0. The van der Waals surface area contributed by atoms with E-state index >= 15 is 0 Å². The first-order valence-electron chi connectivity index (χ1n) is 11.6. The molecular weight excluding hydrogens is 498 g/mol. The van der Waals surface area contributed by atoms with E-state index in [0.717, 1.165) is 10.6 Å². The summed E-state index contributed by atoms with van der Waals surface area (Å²) in [7, 11) is 1.52. The number of hydrogen-bond donors (Lipinski definition) is 1. The number of hydrogen-bond acceptors (Lipinski definition) is 7. The summed E-state index contributed by atoms with van der Waals surface area (Å²) in [5.41, 5.74) is 1.33. The maximum atomic E-state index is 12.6. The molecule has 1 heterocycles. The predicted octanol–water partition coefficient (Wildman–Crippen LogP) is 3.88. The third-order valence-electron chi connectivity index (χ3n) is 5.53. The van der Waals surface area contributed by atoms with Crippen LogP contribution in [0.25, 0.3) is 0 Å². The molecule has 10 nitrogen and oxygen atoms in total. The SMILES string of the molecule is CCn1c(C)cc(=O)n(CCOc2ccc(CN(CC(=O)O)C(=O)Oc3ccc(OC)cc3)cc2)c1=S. The second kappa shape index (κ2) is 12.7. The van der Waals surface area contributed by atoms with Crippen LogP contribution in [0.5, 0.6) is 17.2 Å². The lowest BCUT2D eigenvalue weighted by Crippen LogP contribution is -2.37. The number of aromatic nitrogens is 2. The molecule has 0 fully saturated rings. The molecule has 196 valence electrons. The van der Waals surface area contributed by atoms with E-state index in [2.05, 4.69) is 0 Å². The van der Waals surface area contributed by atoms with Gasteiger partial charge in [0.15, 0.2) is 4.77 Å². The number of methoxy groups -OCH3 is 1. The third kappa shape index (κ3) is 7.43. The quantitative estimate of drug-likeness (QED) is 0.374. The second-order valence-electron chi connectivity index (χ2n) is 8.09. The molecule has 0 spiro atoms. The minimum Gasteiger partial charge on any atom is -0.497 e. The van der Waals surface area contributed by atoms with Crippen molar-refractivity contribution in [3.63, 3.8) is 0 Å². The van der Waals surface area contributed by atoms with Crippen LogP contribution in [0.4, 0.5) is 4.79 Å². The standard InChI is InChI=1S/C26H29N3O7S/c1-4-28-18(2)15-23(30)29(25(28)37)13-14-35-21-7-5-19(6-8-21)16-27(17-24(31)32)26(33)36-22-11-9-20(34-3)10-12-22/h5-12,15H,4,13-14,16-17H2,1-3H3,(H,31,32). The fraction of sp³-hybridized carbons (Fsp3) is 0.308. The van der Waals surface area contributed by atoms with Gasteiger partial charge >= 0.3 is 12.1 Å². The summed E-state index contributed by atoms with van der Waals surface area (Å²) in [6.45, 7) is 4.50. The molecule has 11 heteroatoms. The molecule has 3 aromatic rings. The molecule has 0 aliphatic rings. The van der Waals surface area contributed by atoms with Crippen molar-refractivity contribution in [1.29, 1.82) is 0 Å². The summed E-state index contributed by atoms with van der Waals surface area (Å²) in [6.07, 6.45) is -0.791. The lowest BCUT2D eigenvalue weighted by Gasteiger charge is -2.20. The maximum Gasteiger partial charge on any atom is 0.416 e. The zero-order valence-corrected chi connectivity index (χ0v) is 21.7. The van der Waals surface area contributed by atoms with E-state index < -0.39 is 18.6 Å². The van der Waals surface area contributed by atoms with Gasteiger partial charge in [0.2, 0.25) is 0 Å². The zero-order chi connectivity index (χ0) is 26.9. The number of carbonyl (C=O) groups excluding carboxylic acids is 1. The van der Waals surface area contributed by atoms with Crippen LogP contribution in [0.2, 0.25) is 0 Å². The number of amides is 1. The zero-order valence-electron chi connectivity index (χ0n) is 20.9.